The van der Waals surface area contributed by atoms with Gasteiger partial charge in [-0.1, -0.05) is 30.3 Å². The maximum atomic E-state index is 11.9. The molecule has 7 heteroatoms. The second kappa shape index (κ2) is 13.3. The van der Waals surface area contributed by atoms with Crippen LogP contribution in [-0.4, -0.2) is 66.5 Å². The number of carbonyl (C=O) groups is 1. The third kappa shape index (κ3) is 7.93. The molecule has 2 aliphatic heterocycles. The summed E-state index contributed by atoms with van der Waals surface area (Å²) in [6.07, 6.45) is 4.18. The van der Waals surface area contributed by atoms with E-state index in [2.05, 4.69) is 57.7 Å². The molecule has 0 radical (unpaired) electrons. The fourth-order valence-electron chi connectivity index (χ4n) is 4.80. The van der Waals surface area contributed by atoms with Crippen molar-refractivity contribution in [1.29, 1.82) is 0 Å². The van der Waals surface area contributed by atoms with Gasteiger partial charge in [0, 0.05) is 44.7 Å². The quantitative estimate of drug-likeness (QED) is 0.316. The van der Waals surface area contributed by atoms with Crippen molar-refractivity contribution < 1.29 is 4.79 Å². The Kier molecular flexibility index (Phi) is 11.1. The summed E-state index contributed by atoms with van der Waals surface area (Å²) in [4.78, 5) is 21.8. The third-order valence-corrected chi connectivity index (χ3v) is 6.10. The van der Waals surface area contributed by atoms with Crippen molar-refractivity contribution in [2.24, 2.45) is 10.9 Å². The molecule has 2 atom stereocenters. The van der Waals surface area contributed by atoms with Crippen molar-refractivity contribution in [2.75, 3.05) is 32.7 Å². The minimum absolute atomic E-state index is 0. The van der Waals surface area contributed by atoms with Gasteiger partial charge in [-0.2, -0.15) is 0 Å². The molecular weight excluding hydrogens is 501 g/mol. The Labute approximate surface area is 205 Å². The average Bonchev–Trinajstić information content (AvgIpc) is 2.73. The Morgan fingerprint density at radius 1 is 1.19 bits per heavy atom. The molecule has 174 valence electrons. The lowest BCUT2D eigenvalue weighted by Crippen LogP contribution is -2.56. The largest absolute Gasteiger partial charge is 0.357 e. The van der Waals surface area contributed by atoms with Gasteiger partial charge in [0.2, 0.25) is 5.91 Å². The number of hydrogen-bond acceptors (Lipinski definition) is 3. The Morgan fingerprint density at radius 3 is 2.68 bits per heavy atom. The van der Waals surface area contributed by atoms with Crippen LogP contribution in [0, 0.1) is 5.92 Å². The number of likely N-dealkylation sites (tertiary alicyclic amines) is 2. The zero-order valence-electron chi connectivity index (χ0n) is 19.3. The summed E-state index contributed by atoms with van der Waals surface area (Å²) in [5, 5.41) is 6.39. The van der Waals surface area contributed by atoms with E-state index in [9.17, 15) is 4.79 Å². The summed E-state index contributed by atoms with van der Waals surface area (Å²) in [5.41, 5.74) is 1.41. The van der Waals surface area contributed by atoms with E-state index in [0.29, 0.717) is 24.9 Å². The lowest BCUT2D eigenvalue weighted by molar-refractivity contribution is -0.121. The molecule has 1 aromatic rings. The lowest BCUT2D eigenvalue weighted by atomic mass is 9.83. The van der Waals surface area contributed by atoms with Gasteiger partial charge in [0.15, 0.2) is 5.96 Å². The van der Waals surface area contributed by atoms with Crippen molar-refractivity contribution in [3.63, 3.8) is 0 Å². The van der Waals surface area contributed by atoms with E-state index in [0.717, 1.165) is 32.1 Å². The predicted octanol–water partition coefficient (Wildman–Crippen LogP) is 3.47. The minimum atomic E-state index is 0. The molecule has 2 fully saturated rings. The molecule has 2 saturated heterocycles. The number of carbonyl (C=O) groups excluding carboxylic acids is 1. The van der Waals surface area contributed by atoms with Crippen LogP contribution in [-0.2, 0) is 11.3 Å². The van der Waals surface area contributed by atoms with E-state index in [1.54, 1.807) is 0 Å². The highest BCUT2D eigenvalue weighted by Crippen LogP contribution is 2.31. The van der Waals surface area contributed by atoms with Crippen LogP contribution in [0.25, 0.3) is 0 Å². The molecule has 6 nitrogen and oxygen atoms in total. The van der Waals surface area contributed by atoms with Crippen LogP contribution in [0.15, 0.2) is 35.3 Å². The first kappa shape index (κ1) is 25.9. The summed E-state index contributed by atoms with van der Waals surface area (Å²) in [6.45, 7) is 11.8. The standard InChI is InChI=1S/C24H39N5O.HI/c1-4-25-24(26-14-12-23(30)27-19(2)3)29-16-13-22-21(18-29)11-8-15-28(22)17-20-9-6-5-7-10-20;/h5-7,9-10,19,21-22H,4,8,11-18H2,1-3H3,(H,25,26)(H,27,30);1H. The number of benzene rings is 1. The number of guanidine groups is 1. The molecule has 31 heavy (non-hydrogen) atoms. The van der Waals surface area contributed by atoms with Crippen molar-refractivity contribution in [2.45, 2.75) is 65.1 Å². The Bertz CT molecular complexity index is 696. The number of hydrogen-bond donors (Lipinski definition) is 2. The zero-order valence-corrected chi connectivity index (χ0v) is 21.7. The highest BCUT2D eigenvalue weighted by molar-refractivity contribution is 14.0. The van der Waals surface area contributed by atoms with E-state index >= 15 is 0 Å². The van der Waals surface area contributed by atoms with Crippen molar-refractivity contribution >= 4 is 35.8 Å². The number of fused-ring (bicyclic) bond motifs is 1. The van der Waals surface area contributed by atoms with Crippen molar-refractivity contribution in [3.05, 3.63) is 35.9 Å². The number of nitrogens with one attached hydrogen (secondary N) is 2. The van der Waals surface area contributed by atoms with Crippen LogP contribution in [0.4, 0.5) is 0 Å². The van der Waals surface area contributed by atoms with Crippen LogP contribution in [0.2, 0.25) is 0 Å². The number of aliphatic imine (C=N–C) groups is 1. The van der Waals surface area contributed by atoms with Crippen LogP contribution >= 0.6 is 24.0 Å². The van der Waals surface area contributed by atoms with Gasteiger partial charge in [-0.05, 0) is 58.1 Å². The smallest absolute Gasteiger partial charge is 0.222 e. The molecule has 2 unspecified atom stereocenters. The molecule has 0 saturated carbocycles. The fraction of sp³-hybridized carbons (Fsp3) is 0.667. The highest BCUT2D eigenvalue weighted by atomic mass is 127. The zero-order chi connectivity index (χ0) is 21.3. The van der Waals surface area contributed by atoms with E-state index in [1.165, 1.54) is 31.4 Å². The molecular formula is C24H40IN5O. The first-order chi connectivity index (χ1) is 14.6. The first-order valence-corrected chi connectivity index (χ1v) is 11.7. The molecule has 0 aromatic heterocycles. The first-order valence-electron chi connectivity index (χ1n) is 11.7. The molecule has 2 heterocycles. The molecule has 0 bridgehead atoms. The van der Waals surface area contributed by atoms with Gasteiger partial charge in [0.25, 0.3) is 0 Å². The second-order valence-corrected chi connectivity index (χ2v) is 8.87. The van der Waals surface area contributed by atoms with Crippen LogP contribution in [0.3, 0.4) is 0 Å². The summed E-state index contributed by atoms with van der Waals surface area (Å²) < 4.78 is 0. The van der Waals surface area contributed by atoms with Crippen molar-refractivity contribution in [3.8, 4) is 0 Å². The molecule has 3 rings (SSSR count). The number of rotatable bonds is 7. The van der Waals surface area contributed by atoms with Gasteiger partial charge >= 0.3 is 0 Å². The average molecular weight is 542 g/mol. The van der Waals surface area contributed by atoms with E-state index in [-0.39, 0.29) is 35.9 Å². The van der Waals surface area contributed by atoms with Gasteiger partial charge < -0.3 is 15.5 Å². The monoisotopic (exact) mass is 541 g/mol. The normalized spacial score (nSPS) is 21.9. The third-order valence-electron chi connectivity index (χ3n) is 6.10. The molecule has 0 spiro atoms. The second-order valence-electron chi connectivity index (χ2n) is 8.87. The van der Waals surface area contributed by atoms with Gasteiger partial charge in [-0.15, -0.1) is 24.0 Å². The van der Waals surface area contributed by atoms with E-state index < -0.39 is 0 Å². The predicted molar refractivity (Wildman–Crippen MR) is 139 cm³/mol. The molecule has 1 aromatic carbocycles. The topological polar surface area (TPSA) is 60.0 Å². The minimum Gasteiger partial charge on any atom is -0.357 e. The summed E-state index contributed by atoms with van der Waals surface area (Å²) in [5.74, 6) is 1.73. The number of halogens is 1. The fourth-order valence-corrected chi connectivity index (χ4v) is 4.80. The van der Waals surface area contributed by atoms with Gasteiger partial charge in [-0.25, -0.2) is 0 Å². The van der Waals surface area contributed by atoms with Crippen LogP contribution in [0.5, 0.6) is 0 Å². The lowest BCUT2D eigenvalue weighted by Gasteiger charge is -2.48. The van der Waals surface area contributed by atoms with E-state index in [1.807, 2.05) is 13.8 Å². The summed E-state index contributed by atoms with van der Waals surface area (Å²) in [7, 11) is 0. The van der Waals surface area contributed by atoms with Crippen molar-refractivity contribution in [1.82, 2.24) is 20.4 Å². The number of piperidine rings is 2. The maximum absolute atomic E-state index is 11.9. The van der Waals surface area contributed by atoms with E-state index in [4.69, 9.17) is 4.99 Å². The Balaban J connectivity index is 0.00000341. The SMILES string of the molecule is CCNC(=NCCC(=O)NC(C)C)N1CCC2C(CCCN2Cc2ccccc2)C1.I. The number of amides is 1. The number of nitrogens with zero attached hydrogens (tertiary/aromatic N) is 3. The Hall–Kier alpha value is -1.35. The summed E-state index contributed by atoms with van der Waals surface area (Å²) in [6, 6.07) is 11.7. The van der Waals surface area contributed by atoms with Gasteiger partial charge in [0.05, 0.1) is 6.54 Å². The summed E-state index contributed by atoms with van der Waals surface area (Å²) >= 11 is 0. The van der Waals surface area contributed by atoms with Gasteiger partial charge in [0.1, 0.15) is 0 Å². The van der Waals surface area contributed by atoms with Gasteiger partial charge in [-0.3, -0.25) is 14.7 Å². The Morgan fingerprint density at radius 2 is 1.97 bits per heavy atom. The molecule has 2 N–H and O–H groups in total. The molecule has 0 aliphatic carbocycles. The van der Waals surface area contributed by atoms with Crippen LogP contribution < -0.4 is 10.6 Å². The maximum Gasteiger partial charge on any atom is 0.222 e. The molecule has 2 aliphatic rings. The van der Waals surface area contributed by atoms with Crippen LogP contribution in [0.1, 0.15) is 52.0 Å². The highest BCUT2D eigenvalue weighted by Gasteiger charge is 2.36. The molecule has 1 amide bonds.